The van der Waals surface area contributed by atoms with Crippen LogP contribution in [0.4, 0.5) is 0 Å². The normalized spacial score (nSPS) is 20.9. The molecule has 0 heterocycles. The first-order chi connectivity index (χ1) is 7.00. The Bertz CT molecular complexity index is 284. The second-order valence-corrected chi connectivity index (χ2v) is 4.25. The summed E-state index contributed by atoms with van der Waals surface area (Å²) in [7, 11) is 3.77. The molecular weight excluding hydrogens is 192 g/mol. The Balaban J connectivity index is 2.77. The number of carbonyl (C=O) groups excluding carboxylic acids is 1. The van der Waals surface area contributed by atoms with Crippen LogP contribution in [0.3, 0.4) is 0 Å². The highest BCUT2D eigenvalue weighted by Crippen LogP contribution is 2.32. The summed E-state index contributed by atoms with van der Waals surface area (Å²) in [5, 5.41) is 12.6. The van der Waals surface area contributed by atoms with Crippen molar-refractivity contribution in [1.29, 1.82) is 0 Å². The zero-order valence-corrected chi connectivity index (χ0v) is 9.87. The second-order valence-electron chi connectivity index (χ2n) is 4.25. The SMILES string of the molecule is CNCCN(C)C1=C(C(C)C)C(O)C1=O. The lowest BCUT2D eigenvalue weighted by atomic mass is 9.81. The Kier molecular flexibility index (Phi) is 3.88. The molecule has 15 heavy (non-hydrogen) atoms. The Morgan fingerprint density at radius 1 is 1.53 bits per heavy atom. The van der Waals surface area contributed by atoms with Crippen LogP contribution in [0, 0.1) is 5.92 Å². The topological polar surface area (TPSA) is 52.6 Å². The number of rotatable bonds is 5. The fraction of sp³-hybridized carbons (Fsp3) is 0.727. The van der Waals surface area contributed by atoms with E-state index in [1.807, 2.05) is 32.8 Å². The minimum Gasteiger partial charge on any atom is -0.380 e. The van der Waals surface area contributed by atoms with Crippen LogP contribution in [-0.2, 0) is 4.79 Å². The Labute approximate surface area is 91.0 Å². The van der Waals surface area contributed by atoms with Crippen LogP contribution >= 0.6 is 0 Å². The van der Waals surface area contributed by atoms with Crippen LogP contribution < -0.4 is 5.32 Å². The predicted molar refractivity (Wildman–Crippen MR) is 59.4 cm³/mol. The van der Waals surface area contributed by atoms with Crippen LogP contribution in [0.2, 0.25) is 0 Å². The Morgan fingerprint density at radius 2 is 2.13 bits per heavy atom. The summed E-state index contributed by atoms with van der Waals surface area (Å²) in [6.45, 7) is 5.60. The third-order valence-corrected chi connectivity index (χ3v) is 2.75. The van der Waals surface area contributed by atoms with Crippen molar-refractivity contribution in [3.05, 3.63) is 11.3 Å². The molecule has 1 rings (SSSR count). The third kappa shape index (κ3) is 2.21. The Morgan fingerprint density at radius 3 is 2.60 bits per heavy atom. The van der Waals surface area contributed by atoms with Crippen molar-refractivity contribution >= 4 is 5.78 Å². The molecule has 1 atom stereocenters. The van der Waals surface area contributed by atoms with Crippen molar-refractivity contribution in [3.63, 3.8) is 0 Å². The molecule has 0 aromatic rings. The van der Waals surface area contributed by atoms with E-state index in [9.17, 15) is 9.90 Å². The van der Waals surface area contributed by atoms with Crippen LogP contribution in [-0.4, -0.2) is 49.1 Å². The molecular formula is C11H20N2O2. The minimum absolute atomic E-state index is 0.141. The zero-order chi connectivity index (χ0) is 11.6. The summed E-state index contributed by atoms with van der Waals surface area (Å²) in [6.07, 6.45) is -0.864. The number of nitrogens with one attached hydrogen (secondary N) is 1. The number of carbonyl (C=O) groups is 1. The lowest BCUT2D eigenvalue weighted by molar-refractivity contribution is -0.127. The van der Waals surface area contributed by atoms with E-state index >= 15 is 0 Å². The highest BCUT2D eigenvalue weighted by molar-refractivity contribution is 6.08. The summed E-state index contributed by atoms with van der Waals surface area (Å²) in [5.74, 6) is 0.0852. The highest BCUT2D eigenvalue weighted by Gasteiger charge is 2.40. The molecule has 4 nitrogen and oxygen atoms in total. The van der Waals surface area contributed by atoms with Gasteiger partial charge in [0, 0.05) is 20.1 Å². The van der Waals surface area contributed by atoms with Gasteiger partial charge in [0.25, 0.3) is 0 Å². The monoisotopic (exact) mass is 212 g/mol. The molecule has 1 aliphatic rings. The molecule has 4 heteroatoms. The molecule has 0 saturated heterocycles. The molecule has 0 saturated carbocycles. The molecule has 0 aliphatic heterocycles. The average molecular weight is 212 g/mol. The van der Waals surface area contributed by atoms with Gasteiger partial charge in [-0.15, -0.1) is 0 Å². The van der Waals surface area contributed by atoms with Crippen molar-refractivity contribution in [2.45, 2.75) is 20.0 Å². The van der Waals surface area contributed by atoms with Gasteiger partial charge in [0.15, 0.2) is 0 Å². The number of aliphatic hydroxyl groups excluding tert-OH is 1. The molecule has 0 radical (unpaired) electrons. The number of hydrogen-bond acceptors (Lipinski definition) is 4. The average Bonchev–Trinajstić information content (AvgIpc) is 2.20. The van der Waals surface area contributed by atoms with Crippen LogP contribution in [0.15, 0.2) is 11.3 Å². The number of aliphatic hydroxyl groups is 1. The van der Waals surface area contributed by atoms with Gasteiger partial charge in [-0.05, 0) is 18.5 Å². The molecule has 0 spiro atoms. The van der Waals surface area contributed by atoms with E-state index in [0.29, 0.717) is 5.70 Å². The molecule has 2 N–H and O–H groups in total. The maximum atomic E-state index is 11.5. The number of hydrogen-bond donors (Lipinski definition) is 2. The quantitative estimate of drug-likeness (QED) is 0.673. The second kappa shape index (κ2) is 4.77. The van der Waals surface area contributed by atoms with Gasteiger partial charge in [-0.2, -0.15) is 0 Å². The molecule has 1 unspecified atom stereocenters. The summed E-state index contributed by atoms with van der Waals surface area (Å²) in [6, 6.07) is 0. The van der Waals surface area contributed by atoms with Crippen LogP contribution in [0.25, 0.3) is 0 Å². The van der Waals surface area contributed by atoms with Crippen LogP contribution in [0.1, 0.15) is 13.8 Å². The van der Waals surface area contributed by atoms with Crippen molar-refractivity contribution in [1.82, 2.24) is 10.2 Å². The van der Waals surface area contributed by atoms with Gasteiger partial charge in [-0.25, -0.2) is 0 Å². The van der Waals surface area contributed by atoms with Crippen LogP contribution in [0.5, 0.6) is 0 Å². The van der Waals surface area contributed by atoms with Gasteiger partial charge < -0.3 is 15.3 Å². The minimum atomic E-state index is -0.864. The summed E-state index contributed by atoms with van der Waals surface area (Å²) >= 11 is 0. The smallest absolute Gasteiger partial charge is 0.211 e. The third-order valence-electron chi connectivity index (χ3n) is 2.75. The van der Waals surface area contributed by atoms with Crippen molar-refractivity contribution in [2.24, 2.45) is 5.92 Å². The van der Waals surface area contributed by atoms with Gasteiger partial charge in [0.2, 0.25) is 5.78 Å². The van der Waals surface area contributed by atoms with Crippen molar-refractivity contribution in [2.75, 3.05) is 27.2 Å². The molecule has 86 valence electrons. The predicted octanol–water partition coefficient (Wildman–Crippen LogP) is -0.00870. The zero-order valence-electron chi connectivity index (χ0n) is 9.87. The van der Waals surface area contributed by atoms with E-state index in [0.717, 1.165) is 18.7 Å². The van der Waals surface area contributed by atoms with E-state index in [1.54, 1.807) is 0 Å². The van der Waals surface area contributed by atoms with E-state index in [1.165, 1.54) is 0 Å². The number of likely N-dealkylation sites (N-methyl/N-ethyl adjacent to an activating group) is 2. The number of Topliss-reactive ketones (excluding diaryl/α,β-unsaturated/α-hetero) is 1. The van der Waals surface area contributed by atoms with E-state index in [2.05, 4.69) is 5.32 Å². The first-order valence-corrected chi connectivity index (χ1v) is 5.32. The number of nitrogens with zero attached hydrogens (tertiary/aromatic N) is 1. The van der Waals surface area contributed by atoms with Gasteiger partial charge in [0.05, 0.1) is 5.70 Å². The van der Waals surface area contributed by atoms with Gasteiger partial charge in [-0.1, -0.05) is 13.8 Å². The summed E-state index contributed by atoms with van der Waals surface area (Å²) in [5.41, 5.74) is 1.58. The molecule has 0 aromatic carbocycles. The fourth-order valence-electron chi connectivity index (χ4n) is 1.85. The molecule has 0 bridgehead atoms. The van der Waals surface area contributed by atoms with E-state index in [-0.39, 0.29) is 11.7 Å². The number of ketones is 1. The van der Waals surface area contributed by atoms with Gasteiger partial charge >= 0.3 is 0 Å². The fourth-order valence-corrected chi connectivity index (χ4v) is 1.85. The Hall–Kier alpha value is -0.870. The van der Waals surface area contributed by atoms with Gasteiger partial charge in [0.1, 0.15) is 6.10 Å². The lowest BCUT2D eigenvalue weighted by Crippen LogP contribution is -2.46. The van der Waals surface area contributed by atoms with Crippen molar-refractivity contribution < 1.29 is 9.90 Å². The maximum absolute atomic E-state index is 11.5. The standard InChI is InChI=1S/C11H20N2O2/c1-7(2)8-9(11(15)10(8)14)13(4)6-5-12-3/h7,10,12,14H,5-6H2,1-4H3. The molecule has 0 amide bonds. The summed E-state index contributed by atoms with van der Waals surface area (Å²) in [4.78, 5) is 13.4. The molecule has 0 aromatic heterocycles. The lowest BCUT2D eigenvalue weighted by Gasteiger charge is -2.36. The van der Waals surface area contributed by atoms with E-state index < -0.39 is 6.10 Å². The first-order valence-electron chi connectivity index (χ1n) is 5.32. The highest BCUT2D eigenvalue weighted by atomic mass is 16.3. The van der Waals surface area contributed by atoms with Gasteiger partial charge in [-0.3, -0.25) is 4.79 Å². The molecule has 0 fully saturated rings. The maximum Gasteiger partial charge on any atom is 0.211 e. The molecule has 1 aliphatic carbocycles. The summed E-state index contributed by atoms with van der Waals surface area (Å²) < 4.78 is 0. The first kappa shape index (κ1) is 12.2. The van der Waals surface area contributed by atoms with Crippen molar-refractivity contribution in [3.8, 4) is 0 Å². The van der Waals surface area contributed by atoms with E-state index in [4.69, 9.17) is 0 Å². The largest absolute Gasteiger partial charge is 0.380 e.